The average molecular weight is 356 g/mol. The second-order valence-electron chi connectivity index (χ2n) is 6.58. The zero-order valence-electron chi connectivity index (χ0n) is 15.1. The molecule has 1 unspecified atom stereocenters. The van der Waals surface area contributed by atoms with Gasteiger partial charge in [-0.25, -0.2) is 0 Å². The Morgan fingerprint density at radius 3 is 2.37 bits per heavy atom. The molecule has 0 bridgehead atoms. The summed E-state index contributed by atoms with van der Waals surface area (Å²) in [4.78, 5) is 12.4. The normalized spacial score (nSPS) is 12.0. The minimum Gasteiger partial charge on any atom is -0.356 e. The van der Waals surface area contributed by atoms with Crippen molar-refractivity contribution in [2.24, 2.45) is 0 Å². The minimum absolute atomic E-state index is 0.0753. The van der Waals surface area contributed by atoms with Gasteiger partial charge >= 0.3 is 0 Å². The van der Waals surface area contributed by atoms with E-state index in [1.54, 1.807) is 0 Å². The van der Waals surface area contributed by atoms with Crippen LogP contribution in [0.3, 0.4) is 0 Å². The predicted molar refractivity (Wildman–Crippen MR) is 106 cm³/mol. The van der Waals surface area contributed by atoms with Crippen LogP contribution in [0.1, 0.15) is 24.2 Å². The Hall–Kier alpha value is -3.40. The first-order chi connectivity index (χ1) is 13.2. The van der Waals surface area contributed by atoms with Crippen molar-refractivity contribution in [3.05, 3.63) is 90.1 Å². The number of carbonyl (C=O) groups is 1. The topological polar surface area (TPSA) is 55.1 Å². The minimum atomic E-state index is -0.0829. The van der Waals surface area contributed by atoms with Gasteiger partial charge in [0.05, 0.1) is 12.5 Å². The Labute approximate surface area is 157 Å². The SMILES string of the molecule is CC(NC(=O)Cc1noc2ccccc12)c1ccc(-c2ccccc2)cc1. The molecule has 0 fully saturated rings. The summed E-state index contributed by atoms with van der Waals surface area (Å²) in [5, 5.41) is 7.94. The lowest BCUT2D eigenvalue weighted by Crippen LogP contribution is -2.28. The Balaban J connectivity index is 1.42. The molecule has 0 aliphatic heterocycles. The smallest absolute Gasteiger partial charge is 0.226 e. The molecule has 4 aromatic rings. The number of hydrogen-bond donors (Lipinski definition) is 1. The Morgan fingerprint density at radius 1 is 0.926 bits per heavy atom. The highest BCUT2D eigenvalue weighted by Crippen LogP contribution is 2.22. The van der Waals surface area contributed by atoms with Crippen molar-refractivity contribution in [2.45, 2.75) is 19.4 Å². The zero-order chi connectivity index (χ0) is 18.6. The molecular formula is C23H20N2O2. The number of nitrogens with zero attached hydrogens (tertiary/aromatic N) is 1. The third-order valence-corrected chi connectivity index (χ3v) is 4.68. The number of fused-ring (bicyclic) bond motifs is 1. The molecule has 1 aromatic heterocycles. The van der Waals surface area contributed by atoms with Gasteiger partial charge in [-0.2, -0.15) is 0 Å². The van der Waals surface area contributed by atoms with Crippen LogP contribution in [0.15, 0.2) is 83.4 Å². The van der Waals surface area contributed by atoms with E-state index in [0.29, 0.717) is 11.3 Å². The number of amides is 1. The molecule has 4 nitrogen and oxygen atoms in total. The van der Waals surface area contributed by atoms with Crippen LogP contribution in [0.2, 0.25) is 0 Å². The molecule has 1 heterocycles. The van der Waals surface area contributed by atoms with E-state index in [2.05, 4.69) is 46.9 Å². The van der Waals surface area contributed by atoms with Crippen LogP contribution in [0, 0.1) is 0 Å². The number of nitrogens with one attached hydrogen (secondary N) is 1. The largest absolute Gasteiger partial charge is 0.356 e. The molecular weight excluding hydrogens is 336 g/mol. The molecule has 0 saturated heterocycles. The van der Waals surface area contributed by atoms with Crippen LogP contribution in [0.25, 0.3) is 22.1 Å². The van der Waals surface area contributed by atoms with E-state index in [1.807, 2.05) is 49.4 Å². The molecule has 0 saturated carbocycles. The summed E-state index contributed by atoms with van der Waals surface area (Å²) >= 11 is 0. The monoisotopic (exact) mass is 356 g/mol. The van der Waals surface area contributed by atoms with E-state index < -0.39 is 0 Å². The van der Waals surface area contributed by atoms with Crippen LogP contribution < -0.4 is 5.32 Å². The lowest BCUT2D eigenvalue weighted by Gasteiger charge is -2.14. The van der Waals surface area contributed by atoms with Gasteiger partial charge in [0.2, 0.25) is 5.91 Å². The van der Waals surface area contributed by atoms with Crippen LogP contribution in [-0.4, -0.2) is 11.1 Å². The Bertz CT molecular complexity index is 1050. The van der Waals surface area contributed by atoms with Crippen molar-refractivity contribution in [2.75, 3.05) is 0 Å². The van der Waals surface area contributed by atoms with Gasteiger partial charge in [0, 0.05) is 5.39 Å². The van der Waals surface area contributed by atoms with Gasteiger partial charge in [-0.1, -0.05) is 71.9 Å². The lowest BCUT2D eigenvalue weighted by atomic mass is 10.0. The predicted octanol–water partition coefficient (Wildman–Crippen LogP) is 4.91. The fraction of sp³-hybridized carbons (Fsp3) is 0.130. The first kappa shape index (κ1) is 17.0. The van der Waals surface area contributed by atoms with Gasteiger partial charge in [0.1, 0.15) is 5.69 Å². The molecule has 27 heavy (non-hydrogen) atoms. The zero-order valence-corrected chi connectivity index (χ0v) is 15.1. The standard InChI is InChI=1S/C23H20N2O2/c1-16(17-11-13-19(14-12-17)18-7-3-2-4-8-18)24-23(26)15-21-20-9-5-6-10-22(20)27-25-21/h2-14,16H,15H2,1H3,(H,24,26). The molecule has 0 radical (unpaired) electrons. The number of hydrogen-bond acceptors (Lipinski definition) is 3. The second-order valence-corrected chi connectivity index (χ2v) is 6.58. The number of rotatable bonds is 5. The number of carbonyl (C=O) groups excluding carboxylic acids is 1. The first-order valence-corrected chi connectivity index (χ1v) is 8.99. The van der Waals surface area contributed by atoms with Gasteiger partial charge in [-0.3, -0.25) is 4.79 Å². The fourth-order valence-electron chi connectivity index (χ4n) is 3.19. The van der Waals surface area contributed by atoms with Gasteiger partial charge in [0.25, 0.3) is 0 Å². The summed E-state index contributed by atoms with van der Waals surface area (Å²) < 4.78 is 5.26. The van der Waals surface area contributed by atoms with Crippen molar-refractivity contribution >= 4 is 16.9 Å². The number of para-hydroxylation sites is 1. The summed E-state index contributed by atoms with van der Waals surface area (Å²) in [5.74, 6) is -0.0753. The Kier molecular flexibility index (Phi) is 4.71. The molecule has 0 aliphatic carbocycles. The van der Waals surface area contributed by atoms with E-state index in [4.69, 9.17) is 4.52 Å². The Morgan fingerprint density at radius 2 is 1.59 bits per heavy atom. The fourth-order valence-corrected chi connectivity index (χ4v) is 3.19. The van der Waals surface area contributed by atoms with Crippen molar-refractivity contribution in [3.8, 4) is 11.1 Å². The molecule has 134 valence electrons. The summed E-state index contributed by atoms with van der Waals surface area (Å²) in [6.07, 6.45) is 0.198. The first-order valence-electron chi connectivity index (χ1n) is 8.99. The maximum absolute atomic E-state index is 12.4. The highest BCUT2D eigenvalue weighted by Gasteiger charge is 2.14. The van der Waals surface area contributed by atoms with E-state index in [-0.39, 0.29) is 18.4 Å². The van der Waals surface area contributed by atoms with Crippen LogP contribution in [0.5, 0.6) is 0 Å². The summed E-state index contributed by atoms with van der Waals surface area (Å²) in [6.45, 7) is 1.98. The van der Waals surface area contributed by atoms with Gasteiger partial charge < -0.3 is 9.84 Å². The number of aromatic nitrogens is 1. The van der Waals surface area contributed by atoms with Gasteiger partial charge in [-0.15, -0.1) is 0 Å². The van der Waals surface area contributed by atoms with Gasteiger partial charge in [-0.05, 0) is 35.7 Å². The third-order valence-electron chi connectivity index (χ3n) is 4.68. The summed E-state index contributed by atoms with van der Waals surface area (Å²) in [7, 11) is 0. The molecule has 1 amide bonds. The second kappa shape index (κ2) is 7.46. The number of benzene rings is 3. The molecule has 4 heteroatoms. The van der Waals surface area contributed by atoms with Crippen molar-refractivity contribution in [1.29, 1.82) is 0 Å². The van der Waals surface area contributed by atoms with Gasteiger partial charge in [0.15, 0.2) is 5.58 Å². The van der Waals surface area contributed by atoms with Crippen LogP contribution in [-0.2, 0) is 11.2 Å². The van der Waals surface area contributed by atoms with Crippen molar-refractivity contribution in [3.63, 3.8) is 0 Å². The van der Waals surface area contributed by atoms with Crippen LogP contribution >= 0.6 is 0 Å². The average Bonchev–Trinajstić information content (AvgIpc) is 3.11. The van der Waals surface area contributed by atoms with E-state index in [1.165, 1.54) is 5.56 Å². The lowest BCUT2D eigenvalue weighted by molar-refractivity contribution is -0.121. The summed E-state index contributed by atoms with van der Waals surface area (Å²) in [5.41, 5.74) is 4.76. The highest BCUT2D eigenvalue weighted by molar-refractivity contribution is 5.86. The van der Waals surface area contributed by atoms with Crippen molar-refractivity contribution < 1.29 is 9.32 Å². The van der Waals surface area contributed by atoms with E-state index >= 15 is 0 Å². The molecule has 1 N–H and O–H groups in total. The molecule has 0 aliphatic rings. The van der Waals surface area contributed by atoms with Crippen molar-refractivity contribution in [1.82, 2.24) is 10.5 Å². The highest BCUT2D eigenvalue weighted by atomic mass is 16.5. The van der Waals surface area contributed by atoms with E-state index in [9.17, 15) is 4.79 Å². The molecule has 3 aromatic carbocycles. The maximum atomic E-state index is 12.4. The molecule has 4 rings (SSSR count). The molecule has 1 atom stereocenters. The molecule has 0 spiro atoms. The quantitative estimate of drug-likeness (QED) is 0.552. The summed E-state index contributed by atoms with van der Waals surface area (Å²) in [6, 6.07) is 26.0. The maximum Gasteiger partial charge on any atom is 0.226 e. The van der Waals surface area contributed by atoms with Crippen LogP contribution in [0.4, 0.5) is 0 Å². The third kappa shape index (κ3) is 3.75. The van der Waals surface area contributed by atoms with E-state index in [0.717, 1.165) is 16.5 Å².